The van der Waals surface area contributed by atoms with Crippen LogP contribution in [0.3, 0.4) is 0 Å². The standard InChI is InChI=1S/C22H33N5O4/c1-4-5-6-7-8-9-10-14(21(30)31-3)17-13(2)15(11-16(17)28)27-12-24-18-19(27)25-22(23)26-20(18)29/h12,14-17,28H,2,4-11H2,1,3H3,(H3,23,25,26,29)/t14?,15-,16-,17-/m0/s1. The van der Waals surface area contributed by atoms with Crippen LogP contribution >= 0.6 is 0 Å². The second-order valence-electron chi connectivity index (χ2n) is 8.38. The molecule has 9 heteroatoms. The maximum atomic E-state index is 12.6. The lowest BCUT2D eigenvalue weighted by Crippen LogP contribution is -2.31. The molecular weight excluding hydrogens is 398 g/mol. The van der Waals surface area contributed by atoms with E-state index in [0.717, 1.165) is 19.3 Å². The van der Waals surface area contributed by atoms with E-state index in [1.807, 2.05) is 0 Å². The van der Waals surface area contributed by atoms with Crippen molar-refractivity contribution in [2.75, 3.05) is 12.8 Å². The largest absolute Gasteiger partial charge is 0.469 e. The van der Waals surface area contributed by atoms with E-state index in [1.54, 1.807) is 4.57 Å². The van der Waals surface area contributed by atoms with Crippen molar-refractivity contribution in [2.24, 2.45) is 11.8 Å². The second-order valence-corrected chi connectivity index (χ2v) is 8.38. The van der Waals surface area contributed by atoms with Gasteiger partial charge in [0.15, 0.2) is 11.2 Å². The fourth-order valence-corrected chi connectivity index (χ4v) is 4.73. The van der Waals surface area contributed by atoms with Crippen LogP contribution in [0, 0.1) is 11.8 Å². The summed E-state index contributed by atoms with van der Waals surface area (Å²) in [5.41, 5.74) is 6.52. The summed E-state index contributed by atoms with van der Waals surface area (Å²) in [4.78, 5) is 35.5. The molecule has 4 N–H and O–H groups in total. The molecule has 1 aliphatic carbocycles. The molecule has 0 bridgehead atoms. The first-order valence-corrected chi connectivity index (χ1v) is 11.1. The number of anilines is 1. The third-order valence-electron chi connectivity index (χ3n) is 6.33. The zero-order valence-electron chi connectivity index (χ0n) is 18.3. The summed E-state index contributed by atoms with van der Waals surface area (Å²) in [5.74, 6) is -1.21. The lowest BCUT2D eigenvalue weighted by atomic mass is 9.82. The first-order chi connectivity index (χ1) is 14.9. The lowest BCUT2D eigenvalue weighted by molar-refractivity contribution is -0.148. The van der Waals surface area contributed by atoms with Crippen LogP contribution in [0.2, 0.25) is 0 Å². The van der Waals surface area contributed by atoms with Gasteiger partial charge in [-0.25, -0.2) is 4.98 Å². The Kier molecular flexibility index (Phi) is 7.48. The normalized spacial score (nSPS) is 22.2. The Morgan fingerprint density at radius 2 is 2.10 bits per heavy atom. The number of aliphatic hydroxyl groups excluding tert-OH is 1. The van der Waals surface area contributed by atoms with Crippen LogP contribution in [0.1, 0.15) is 64.3 Å². The number of nitrogens with zero attached hydrogens (tertiary/aromatic N) is 3. The number of nitrogens with one attached hydrogen (secondary N) is 1. The number of carbonyl (C=O) groups excluding carboxylic acids is 1. The zero-order valence-corrected chi connectivity index (χ0v) is 18.3. The Hall–Kier alpha value is -2.68. The zero-order chi connectivity index (χ0) is 22.5. The molecule has 4 atom stereocenters. The van der Waals surface area contributed by atoms with E-state index in [4.69, 9.17) is 10.5 Å². The number of hydrogen-bond donors (Lipinski definition) is 3. The highest BCUT2D eigenvalue weighted by Crippen LogP contribution is 2.45. The minimum atomic E-state index is -0.751. The molecule has 170 valence electrons. The second kappa shape index (κ2) is 10.1. The summed E-state index contributed by atoms with van der Waals surface area (Å²) in [6.45, 7) is 6.40. The van der Waals surface area contributed by atoms with Gasteiger partial charge in [-0.1, -0.05) is 52.0 Å². The van der Waals surface area contributed by atoms with E-state index in [2.05, 4.69) is 28.5 Å². The number of hydrogen-bond acceptors (Lipinski definition) is 7. The monoisotopic (exact) mass is 431 g/mol. The van der Waals surface area contributed by atoms with E-state index < -0.39 is 23.5 Å². The molecule has 1 aliphatic rings. The molecule has 31 heavy (non-hydrogen) atoms. The van der Waals surface area contributed by atoms with Crippen LogP contribution in [0.25, 0.3) is 11.2 Å². The number of esters is 1. The summed E-state index contributed by atoms with van der Waals surface area (Å²) in [7, 11) is 1.38. The molecule has 2 heterocycles. The number of imidazole rings is 1. The number of methoxy groups -OCH3 is 1. The summed E-state index contributed by atoms with van der Waals surface area (Å²) < 4.78 is 6.77. The van der Waals surface area contributed by atoms with E-state index in [-0.39, 0.29) is 23.5 Å². The molecular formula is C22H33N5O4. The minimum Gasteiger partial charge on any atom is -0.469 e. The van der Waals surface area contributed by atoms with Crippen LogP contribution in [0.5, 0.6) is 0 Å². The number of ether oxygens (including phenoxy) is 1. The Morgan fingerprint density at radius 1 is 1.39 bits per heavy atom. The summed E-state index contributed by atoms with van der Waals surface area (Å²) in [5, 5.41) is 10.9. The molecule has 3 rings (SSSR count). The third-order valence-corrected chi connectivity index (χ3v) is 6.33. The van der Waals surface area contributed by atoms with Gasteiger partial charge in [-0.2, -0.15) is 4.98 Å². The van der Waals surface area contributed by atoms with Crippen LogP contribution in [0.15, 0.2) is 23.3 Å². The van der Waals surface area contributed by atoms with Crippen molar-refractivity contribution in [2.45, 2.75) is 70.4 Å². The first-order valence-electron chi connectivity index (χ1n) is 11.1. The molecule has 0 spiro atoms. The molecule has 0 aromatic carbocycles. The lowest BCUT2D eigenvalue weighted by Gasteiger charge is -2.25. The maximum Gasteiger partial charge on any atom is 0.309 e. The van der Waals surface area contributed by atoms with Gasteiger partial charge in [-0.3, -0.25) is 14.6 Å². The molecule has 1 saturated carbocycles. The topological polar surface area (TPSA) is 136 Å². The highest BCUT2D eigenvalue weighted by molar-refractivity contribution is 5.74. The number of nitrogen functional groups attached to an aromatic ring is 1. The molecule has 0 amide bonds. The number of aliphatic hydroxyl groups is 1. The average Bonchev–Trinajstić information content (AvgIpc) is 3.28. The third kappa shape index (κ3) is 4.81. The van der Waals surface area contributed by atoms with Crippen LogP contribution in [-0.4, -0.2) is 43.8 Å². The van der Waals surface area contributed by atoms with Gasteiger partial charge in [-0.15, -0.1) is 0 Å². The van der Waals surface area contributed by atoms with Crippen molar-refractivity contribution >= 4 is 23.1 Å². The number of aromatic nitrogens is 4. The quantitative estimate of drug-likeness (QED) is 0.299. The maximum absolute atomic E-state index is 12.6. The number of aromatic amines is 1. The molecule has 0 aliphatic heterocycles. The minimum absolute atomic E-state index is 0.00420. The number of unbranched alkanes of at least 4 members (excludes halogenated alkanes) is 5. The number of carbonyl (C=O) groups is 1. The molecule has 1 fully saturated rings. The highest BCUT2D eigenvalue weighted by atomic mass is 16.5. The molecule has 9 nitrogen and oxygen atoms in total. The molecule has 2 aromatic heterocycles. The fourth-order valence-electron chi connectivity index (χ4n) is 4.73. The fraction of sp³-hybridized carbons (Fsp3) is 0.636. The van der Waals surface area contributed by atoms with Crippen molar-refractivity contribution < 1.29 is 14.6 Å². The van der Waals surface area contributed by atoms with E-state index in [9.17, 15) is 14.7 Å². The van der Waals surface area contributed by atoms with Gasteiger partial charge in [0.1, 0.15) is 0 Å². The Labute approximate surface area is 181 Å². The number of rotatable bonds is 10. The van der Waals surface area contributed by atoms with Crippen molar-refractivity contribution in [3.63, 3.8) is 0 Å². The summed E-state index contributed by atoms with van der Waals surface area (Å²) in [6, 6.07) is -0.338. The molecule has 1 unspecified atom stereocenters. The predicted octanol–water partition coefficient (Wildman–Crippen LogP) is 2.72. The first kappa shape index (κ1) is 23.0. The summed E-state index contributed by atoms with van der Waals surface area (Å²) in [6.07, 6.45) is 8.45. The predicted molar refractivity (Wildman–Crippen MR) is 118 cm³/mol. The highest BCUT2D eigenvalue weighted by Gasteiger charge is 2.45. The van der Waals surface area contributed by atoms with Gasteiger partial charge < -0.3 is 20.1 Å². The number of nitrogens with two attached hydrogens (primary N) is 1. The van der Waals surface area contributed by atoms with Gasteiger partial charge in [-0.05, 0) is 18.4 Å². The van der Waals surface area contributed by atoms with E-state index >= 15 is 0 Å². The Balaban J connectivity index is 1.79. The van der Waals surface area contributed by atoms with E-state index in [0.29, 0.717) is 24.1 Å². The van der Waals surface area contributed by atoms with Gasteiger partial charge in [0.05, 0.1) is 31.5 Å². The van der Waals surface area contributed by atoms with Crippen molar-refractivity contribution in [3.8, 4) is 0 Å². The Bertz CT molecular complexity index is 982. The van der Waals surface area contributed by atoms with Gasteiger partial charge >= 0.3 is 5.97 Å². The van der Waals surface area contributed by atoms with Crippen LogP contribution in [0.4, 0.5) is 5.95 Å². The van der Waals surface area contributed by atoms with E-state index in [1.165, 1.54) is 32.7 Å². The molecule has 0 radical (unpaired) electrons. The molecule has 2 aromatic rings. The number of H-pyrrole nitrogens is 1. The van der Waals surface area contributed by atoms with Gasteiger partial charge in [0.2, 0.25) is 5.95 Å². The average molecular weight is 432 g/mol. The smallest absolute Gasteiger partial charge is 0.309 e. The van der Waals surface area contributed by atoms with Crippen molar-refractivity contribution in [1.29, 1.82) is 0 Å². The number of fused-ring (bicyclic) bond motifs is 1. The summed E-state index contributed by atoms with van der Waals surface area (Å²) >= 11 is 0. The van der Waals surface area contributed by atoms with Crippen molar-refractivity contribution in [3.05, 3.63) is 28.8 Å². The van der Waals surface area contributed by atoms with Crippen LogP contribution in [-0.2, 0) is 9.53 Å². The SMILES string of the molecule is C=C1[C@@H](C(CCCCCCCC)C(=O)OC)[C@@H](O)C[C@@H]1n1cnc2c(=O)[nH]c(N)nc21. The Morgan fingerprint density at radius 3 is 2.81 bits per heavy atom. The van der Waals surface area contributed by atoms with Gasteiger partial charge in [0.25, 0.3) is 5.56 Å². The van der Waals surface area contributed by atoms with Gasteiger partial charge in [0, 0.05) is 5.92 Å². The van der Waals surface area contributed by atoms with Crippen LogP contribution < -0.4 is 11.3 Å². The van der Waals surface area contributed by atoms with Crippen molar-refractivity contribution in [1.82, 2.24) is 19.5 Å². The molecule has 0 saturated heterocycles.